The zero-order chi connectivity index (χ0) is 17.3. The molecule has 8 heteroatoms. The number of carboxylic acids is 1. The van der Waals surface area contributed by atoms with Crippen molar-refractivity contribution in [2.24, 2.45) is 0 Å². The van der Waals surface area contributed by atoms with Gasteiger partial charge in [-0.2, -0.15) is 0 Å². The van der Waals surface area contributed by atoms with Crippen LogP contribution in [0.2, 0.25) is 0 Å². The number of benzene rings is 1. The number of methoxy groups -OCH3 is 1. The van der Waals surface area contributed by atoms with Gasteiger partial charge in [-0.1, -0.05) is 18.2 Å². The number of hydrogen-bond acceptors (Lipinski definition) is 6. The average molecular weight is 347 g/mol. The number of aromatic carboxylic acids is 1. The summed E-state index contributed by atoms with van der Waals surface area (Å²) in [5, 5.41) is 14.3. The topological polar surface area (TPSA) is 91.8 Å². The van der Waals surface area contributed by atoms with Crippen molar-refractivity contribution in [1.29, 1.82) is 0 Å². The number of aromatic nitrogens is 1. The second-order valence-corrected chi connectivity index (χ2v) is 6.38. The van der Waals surface area contributed by atoms with E-state index in [-0.39, 0.29) is 17.8 Å². The van der Waals surface area contributed by atoms with Crippen LogP contribution >= 0.6 is 11.3 Å². The van der Waals surface area contributed by atoms with Crippen LogP contribution in [0, 0.1) is 0 Å². The summed E-state index contributed by atoms with van der Waals surface area (Å²) in [4.78, 5) is 28.8. The largest absolute Gasteiger partial charge is 0.476 e. The molecule has 2 aromatic rings. The van der Waals surface area contributed by atoms with Crippen molar-refractivity contribution in [3.63, 3.8) is 0 Å². The van der Waals surface area contributed by atoms with E-state index in [4.69, 9.17) is 9.84 Å². The van der Waals surface area contributed by atoms with E-state index in [0.717, 1.165) is 11.3 Å². The maximum atomic E-state index is 12.1. The van der Waals surface area contributed by atoms with Crippen LogP contribution < -0.4 is 10.2 Å². The third-order valence-corrected chi connectivity index (χ3v) is 4.76. The lowest BCUT2D eigenvalue weighted by Crippen LogP contribution is -2.44. The summed E-state index contributed by atoms with van der Waals surface area (Å²) < 4.78 is 4.89. The highest BCUT2D eigenvalue weighted by Gasteiger charge is 2.34. The van der Waals surface area contributed by atoms with Crippen molar-refractivity contribution >= 4 is 34.2 Å². The molecule has 0 saturated heterocycles. The molecular formula is C16H17N3O4S. The van der Waals surface area contributed by atoms with Crippen molar-refractivity contribution in [1.82, 2.24) is 4.98 Å². The molecule has 1 aliphatic heterocycles. The molecule has 126 valence electrons. The standard InChI is InChI=1S/C16H17N3O4S/c1-9-7-11(17-15-18-12(8-24-15)14(20)21)10-5-3-4-6-13(10)19(9)16(22)23-2/h3-6,8-9,11H,7H2,1-2H3,(H,17,18)(H,20,21). The molecule has 0 fully saturated rings. The normalized spacial score (nSPS) is 19.5. The van der Waals surface area contributed by atoms with E-state index in [1.807, 2.05) is 31.2 Å². The van der Waals surface area contributed by atoms with E-state index in [9.17, 15) is 9.59 Å². The van der Waals surface area contributed by atoms with Crippen molar-refractivity contribution in [2.75, 3.05) is 17.3 Å². The molecule has 1 aromatic heterocycles. The minimum absolute atomic E-state index is 0.0239. The quantitative estimate of drug-likeness (QED) is 0.884. The smallest absolute Gasteiger partial charge is 0.414 e. The minimum Gasteiger partial charge on any atom is -0.476 e. The Morgan fingerprint density at radius 2 is 2.17 bits per heavy atom. The van der Waals surface area contributed by atoms with Gasteiger partial charge in [0.05, 0.1) is 18.8 Å². The Bertz CT molecular complexity index is 776. The molecular weight excluding hydrogens is 330 g/mol. The van der Waals surface area contributed by atoms with Gasteiger partial charge in [0.15, 0.2) is 10.8 Å². The summed E-state index contributed by atoms with van der Waals surface area (Å²) in [6.45, 7) is 1.95. The second-order valence-electron chi connectivity index (χ2n) is 5.52. The number of hydrogen-bond donors (Lipinski definition) is 2. The number of nitrogens with one attached hydrogen (secondary N) is 1. The van der Waals surface area contributed by atoms with Gasteiger partial charge in [-0.25, -0.2) is 14.6 Å². The fraction of sp³-hybridized carbons (Fsp3) is 0.312. The van der Waals surface area contributed by atoms with Crippen LogP contribution in [0.1, 0.15) is 35.4 Å². The summed E-state index contributed by atoms with van der Waals surface area (Å²) in [7, 11) is 1.37. The molecule has 7 nitrogen and oxygen atoms in total. The lowest BCUT2D eigenvalue weighted by Gasteiger charge is -2.38. The summed E-state index contributed by atoms with van der Waals surface area (Å²) in [5.41, 5.74) is 1.76. The van der Waals surface area contributed by atoms with E-state index < -0.39 is 12.1 Å². The SMILES string of the molecule is COC(=O)N1c2ccccc2C(Nc2nc(C(=O)O)cs2)CC1C. The number of carbonyl (C=O) groups excluding carboxylic acids is 1. The molecule has 2 atom stereocenters. The van der Waals surface area contributed by atoms with Crippen molar-refractivity contribution in [2.45, 2.75) is 25.4 Å². The van der Waals surface area contributed by atoms with E-state index in [2.05, 4.69) is 10.3 Å². The molecule has 0 aliphatic carbocycles. The Hall–Kier alpha value is -2.61. The highest BCUT2D eigenvalue weighted by Crippen LogP contribution is 2.39. The molecule has 1 aromatic carbocycles. The number of carboxylic acid groups (broad SMARTS) is 1. The highest BCUT2D eigenvalue weighted by atomic mass is 32.1. The lowest BCUT2D eigenvalue weighted by atomic mass is 9.92. The fourth-order valence-electron chi connectivity index (χ4n) is 2.91. The van der Waals surface area contributed by atoms with Crippen molar-refractivity contribution in [3.8, 4) is 0 Å². The fourth-order valence-corrected chi connectivity index (χ4v) is 3.65. The maximum absolute atomic E-state index is 12.1. The number of para-hydroxylation sites is 1. The predicted octanol–water partition coefficient (Wildman–Crippen LogP) is 3.36. The van der Waals surface area contributed by atoms with Crippen molar-refractivity contribution in [3.05, 3.63) is 40.9 Å². The van der Waals surface area contributed by atoms with E-state index >= 15 is 0 Å². The van der Waals surface area contributed by atoms with Crippen LogP contribution in [0.5, 0.6) is 0 Å². The minimum atomic E-state index is -1.05. The van der Waals surface area contributed by atoms with Crippen LogP contribution in [-0.2, 0) is 4.74 Å². The maximum Gasteiger partial charge on any atom is 0.414 e. The number of rotatable bonds is 3. The Morgan fingerprint density at radius 3 is 2.83 bits per heavy atom. The zero-order valence-corrected chi connectivity index (χ0v) is 14.0. The van der Waals surface area contributed by atoms with Gasteiger partial charge in [-0.15, -0.1) is 11.3 Å². The Kier molecular flexibility index (Phi) is 4.39. The monoisotopic (exact) mass is 347 g/mol. The molecule has 3 rings (SSSR count). The van der Waals surface area contributed by atoms with Crippen LogP contribution in [0.3, 0.4) is 0 Å². The first-order valence-electron chi connectivity index (χ1n) is 7.42. The third-order valence-electron chi connectivity index (χ3n) is 3.98. The van der Waals surface area contributed by atoms with Gasteiger partial charge >= 0.3 is 12.1 Å². The molecule has 2 N–H and O–H groups in total. The third kappa shape index (κ3) is 2.92. The summed E-state index contributed by atoms with van der Waals surface area (Å²) in [6, 6.07) is 7.47. The number of amides is 1. The molecule has 1 amide bonds. The van der Waals surface area contributed by atoms with E-state index in [0.29, 0.717) is 11.6 Å². The summed E-state index contributed by atoms with van der Waals surface area (Å²) in [5.74, 6) is -1.05. The molecule has 2 heterocycles. The van der Waals surface area contributed by atoms with Gasteiger partial charge < -0.3 is 15.2 Å². The zero-order valence-electron chi connectivity index (χ0n) is 13.2. The van der Waals surface area contributed by atoms with Gasteiger partial charge in [0, 0.05) is 11.4 Å². The van der Waals surface area contributed by atoms with Gasteiger partial charge in [0.1, 0.15) is 0 Å². The van der Waals surface area contributed by atoms with Crippen molar-refractivity contribution < 1.29 is 19.4 Å². The number of nitrogens with zero attached hydrogens (tertiary/aromatic N) is 2. The number of anilines is 2. The molecule has 24 heavy (non-hydrogen) atoms. The number of thiazole rings is 1. The van der Waals surface area contributed by atoms with Crippen LogP contribution in [0.25, 0.3) is 0 Å². The Labute approximate surface area is 142 Å². The van der Waals surface area contributed by atoms with Crippen LogP contribution in [0.4, 0.5) is 15.6 Å². The first kappa shape index (κ1) is 16.3. The van der Waals surface area contributed by atoms with Crippen LogP contribution in [0.15, 0.2) is 29.6 Å². The first-order chi connectivity index (χ1) is 11.5. The highest BCUT2D eigenvalue weighted by molar-refractivity contribution is 7.13. The van der Waals surface area contributed by atoms with E-state index in [1.54, 1.807) is 4.90 Å². The van der Waals surface area contributed by atoms with Crippen LogP contribution in [-0.4, -0.2) is 35.3 Å². The van der Waals surface area contributed by atoms with Gasteiger partial charge in [0.2, 0.25) is 0 Å². The van der Waals surface area contributed by atoms with E-state index in [1.165, 1.54) is 23.8 Å². The molecule has 0 saturated carbocycles. The second kappa shape index (κ2) is 6.48. The molecule has 1 aliphatic rings. The molecule has 0 spiro atoms. The lowest BCUT2D eigenvalue weighted by molar-refractivity contribution is 0.0691. The predicted molar refractivity (Wildman–Crippen MR) is 90.8 cm³/mol. The van der Waals surface area contributed by atoms with Gasteiger partial charge in [0.25, 0.3) is 0 Å². The molecule has 0 radical (unpaired) electrons. The first-order valence-corrected chi connectivity index (χ1v) is 8.30. The summed E-state index contributed by atoms with van der Waals surface area (Å²) >= 11 is 1.25. The number of ether oxygens (including phenoxy) is 1. The molecule has 2 unspecified atom stereocenters. The van der Waals surface area contributed by atoms with Gasteiger partial charge in [-0.3, -0.25) is 4.90 Å². The summed E-state index contributed by atoms with van der Waals surface area (Å²) in [6.07, 6.45) is 0.268. The Morgan fingerprint density at radius 1 is 1.42 bits per heavy atom. The van der Waals surface area contributed by atoms with Gasteiger partial charge in [-0.05, 0) is 25.0 Å². The molecule has 0 bridgehead atoms. The number of carbonyl (C=O) groups is 2. The number of fused-ring (bicyclic) bond motifs is 1. The Balaban J connectivity index is 1.91. The average Bonchev–Trinajstić information content (AvgIpc) is 3.03.